The molecule has 2 amide bonds. The van der Waals surface area contributed by atoms with Crippen molar-refractivity contribution in [3.8, 4) is 0 Å². The van der Waals surface area contributed by atoms with Crippen LogP contribution < -0.4 is 10.6 Å². The Morgan fingerprint density at radius 1 is 0.900 bits per heavy atom. The maximum atomic E-state index is 11.8. The summed E-state index contributed by atoms with van der Waals surface area (Å²) in [6, 6.07) is -0.931. The maximum absolute atomic E-state index is 11.8. The quantitative estimate of drug-likeness (QED) is 0.263. The van der Waals surface area contributed by atoms with E-state index in [9.17, 15) is 19.5 Å². The molecule has 6 nitrogen and oxygen atoms in total. The van der Waals surface area contributed by atoms with Crippen LogP contribution in [0.15, 0.2) is 34.9 Å². The third kappa shape index (κ3) is 16.9. The molecule has 7 heteroatoms. The average Bonchev–Trinajstić information content (AvgIpc) is 2.63. The highest BCUT2D eigenvalue weighted by Crippen LogP contribution is 2.13. The van der Waals surface area contributed by atoms with Crippen molar-refractivity contribution in [2.45, 2.75) is 72.8 Å². The lowest BCUT2D eigenvalue weighted by molar-refractivity contribution is -0.141. The second-order valence-electron chi connectivity index (χ2n) is 7.69. The second-order valence-corrected chi connectivity index (χ2v) is 8.76. The first-order valence-corrected chi connectivity index (χ1v) is 11.6. The lowest BCUT2D eigenvalue weighted by Gasteiger charge is -2.14. The van der Waals surface area contributed by atoms with Gasteiger partial charge in [-0.05, 0) is 53.4 Å². The molecule has 0 saturated heterocycles. The van der Waals surface area contributed by atoms with E-state index in [0.717, 1.165) is 25.7 Å². The van der Waals surface area contributed by atoms with Crippen LogP contribution in [0.3, 0.4) is 0 Å². The monoisotopic (exact) mass is 438 g/mol. The molecule has 0 spiro atoms. The van der Waals surface area contributed by atoms with Gasteiger partial charge >= 0.3 is 5.97 Å². The van der Waals surface area contributed by atoms with E-state index in [0.29, 0.717) is 11.5 Å². The first-order chi connectivity index (χ1) is 14.1. The van der Waals surface area contributed by atoms with Crippen LogP contribution in [0.5, 0.6) is 0 Å². The van der Waals surface area contributed by atoms with Gasteiger partial charge in [0.15, 0.2) is 0 Å². The summed E-state index contributed by atoms with van der Waals surface area (Å²) in [5, 5.41) is 14.3. The van der Waals surface area contributed by atoms with Crippen LogP contribution in [0, 0.1) is 0 Å². The summed E-state index contributed by atoms with van der Waals surface area (Å²) >= 11 is 1.48. The smallest absolute Gasteiger partial charge is 0.327 e. The molecule has 0 aromatic heterocycles. The van der Waals surface area contributed by atoms with E-state index in [1.807, 2.05) is 0 Å². The minimum atomic E-state index is -1.05. The van der Waals surface area contributed by atoms with E-state index < -0.39 is 12.0 Å². The van der Waals surface area contributed by atoms with Crippen LogP contribution in [-0.4, -0.2) is 47.0 Å². The Morgan fingerprint density at radius 3 is 2.07 bits per heavy atom. The largest absolute Gasteiger partial charge is 0.480 e. The number of rotatable bonds is 15. The number of carboxylic acids is 1. The second kappa shape index (κ2) is 16.7. The maximum Gasteiger partial charge on any atom is 0.327 e. The number of carbonyl (C=O) groups excluding carboxylic acids is 2. The average molecular weight is 439 g/mol. The van der Waals surface area contributed by atoms with Gasteiger partial charge in [0, 0.05) is 31.4 Å². The van der Waals surface area contributed by atoms with Gasteiger partial charge in [-0.15, -0.1) is 0 Å². The van der Waals surface area contributed by atoms with E-state index >= 15 is 0 Å². The molecule has 1 atom stereocenters. The van der Waals surface area contributed by atoms with E-state index in [-0.39, 0.29) is 24.8 Å². The molecule has 0 radical (unpaired) electrons. The Kier molecular flexibility index (Phi) is 15.6. The summed E-state index contributed by atoms with van der Waals surface area (Å²) in [5.41, 5.74) is 4.05. The summed E-state index contributed by atoms with van der Waals surface area (Å²) in [7, 11) is 0. The molecular formula is C23H38N2O4S. The van der Waals surface area contributed by atoms with Crippen molar-refractivity contribution in [3.05, 3.63) is 34.9 Å². The molecule has 0 saturated carbocycles. The molecule has 0 bridgehead atoms. The number of thioether (sulfide) groups is 1. The van der Waals surface area contributed by atoms with Crippen molar-refractivity contribution >= 4 is 29.5 Å². The molecule has 30 heavy (non-hydrogen) atoms. The van der Waals surface area contributed by atoms with E-state index in [1.54, 1.807) is 0 Å². The van der Waals surface area contributed by atoms with Crippen molar-refractivity contribution in [2.75, 3.05) is 18.1 Å². The van der Waals surface area contributed by atoms with Crippen molar-refractivity contribution in [1.29, 1.82) is 0 Å². The van der Waals surface area contributed by atoms with Gasteiger partial charge in [0.25, 0.3) is 0 Å². The summed E-state index contributed by atoms with van der Waals surface area (Å²) in [6.07, 6.45) is 10.9. The Balaban J connectivity index is 4.19. The van der Waals surface area contributed by atoms with Gasteiger partial charge in [-0.1, -0.05) is 34.9 Å². The lowest BCUT2D eigenvalue weighted by Crippen LogP contribution is -2.43. The van der Waals surface area contributed by atoms with E-state index in [2.05, 4.69) is 56.6 Å². The van der Waals surface area contributed by atoms with Crippen LogP contribution in [0.2, 0.25) is 0 Å². The van der Waals surface area contributed by atoms with Crippen LogP contribution in [0.1, 0.15) is 66.7 Å². The van der Waals surface area contributed by atoms with Crippen LogP contribution in [0.25, 0.3) is 0 Å². The molecule has 170 valence electrons. The molecular weight excluding hydrogens is 400 g/mol. The zero-order valence-electron chi connectivity index (χ0n) is 19.0. The molecule has 0 aliphatic carbocycles. The highest BCUT2D eigenvalue weighted by Gasteiger charge is 2.19. The normalized spacial score (nSPS) is 12.8. The molecule has 0 aromatic carbocycles. The molecule has 0 unspecified atom stereocenters. The third-order valence-corrected chi connectivity index (χ3v) is 5.29. The summed E-state index contributed by atoms with van der Waals surface area (Å²) < 4.78 is 0. The third-order valence-electron chi connectivity index (χ3n) is 4.32. The Bertz CT molecular complexity index is 650. The predicted molar refractivity (Wildman–Crippen MR) is 126 cm³/mol. The fourth-order valence-corrected chi connectivity index (χ4v) is 3.52. The van der Waals surface area contributed by atoms with Crippen LogP contribution >= 0.6 is 11.8 Å². The summed E-state index contributed by atoms with van der Waals surface area (Å²) in [6.45, 7) is 10.1. The summed E-state index contributed by atoms with van der Waals surface area (Å²) in [5.74, 6) is -0.639. The van der Waals surface area contributed by atoms with Gasteiger partial charge < -0.3 is 15.7 Å². The first-order valence-electron chi connectivity index (χ1n) is 10.4. The van der Waals surface area contributed by atoms with Gasteiger partial charge in [-0.3, -0.25) is 9.59 Å². The number of aliphatic carboxylic acids is 1. The Hall–Kier alpha value is -2.02. The van der Waals surface area contributed by atoms with Gasteiger partial charge in [0.05, 0.1) is 0 Å². The number of carbonyl (C=O) groups is 3. The van der Waals surface area contributed by atoms with Gasteiger partial charge in [0.1, 0.15) is 6.04 Å². The first kappa shape index (κ1) is 28.0. The van der Waals surface area contributed by atoms with Crippen LogP contribution in [-0.2, 0) is 14.4 Å². The van der Waals surface area contributed by atoms with Crippen molar-refractivity contribution in [2.24, 2.45) is 0 Å². The summed E-state index contributed by atoms with van der Waals surface area (Å²) in [4.78, 5) is 33.9. The Morgan fingerprint density at radius 2 is 1.50 bits per heavy atom. The molecule has 0 heterocycles. The van der Waals surface area contributed by atoms with E-state index in [4.69, 9.17) is 0 Å². The molecule has 3 N–H and O–H groups in total. The number of carboxylic acid groups (broad SMARTS) is 1. The number of hydrogen-bond donors (Lipinski definition) is 3. The van der Waals surface area contributed by atoms with Gasteiger partial charge in [-0.25, -0.2) is 4.79 Å². The molecule has 0 fully saturated rings. The standard InChI is InChI=1S/C23H38N2O4S/c1-17(2)8-6-9-18(3)10-7-11-19(4)13-15-30-16-21(23(28)29)25-22(27)12-14-24-20(5)26/h8,10,13,21H,6-7,9,11-12,14-16H2,1-5H3,(H,24,26)(H,25,27)(H,28,29)/b18-10+,19-13+/t21-/m0/s1. The fraction of sp³-hybridized carbons (Fsp3) is 0.609. The van der Waals surface area contributed by atoms with Gasteiger partial charge in [-0.2, -0.15) is 11.8 Å². The number of allylic oxidation sites excluding steroid dienone is 5. The Labute approximate surface area is 185 Å². The number of amides is 2. The highest BCUT2D eigenvalue weighted by molar-refractivity contribution is 7.99. The van der Waals surface area contributed by atoms with Crippen LogP contribution in [0.4, 0.5) is 0 Å². The fourth-order valence-electron chi connectivity index (χ4n) is 2.52. The molecule has 0 aliphatic rings. The van der Waals surface area contributed by atoms with Crippen molar-refractivity contribution in [3.63, 3.8) is 0 Å². The topological polar surface area (TPSA) is 95.5 Å². The minimum Gasteiger partial charge on any atom is -0.480 e. The zero-order valence-corrected chi connectivity index (χ0v) is 19.9. The van der Waals surface area contributed by atoms with Gasteiger partial charge in [0.2, 0.25) is 11.8 Å². The zero-order chi connectivity index (χ0) is 22.9. The van der Waals surface area contributed by atoms with Crippen molar-refractivity contribution < 1.29 is 19.5 Å². The molecule has 0 rings (SSSR count). The van der Waals surface area contributed by atoms with Crippen molar-refractivity contribution in [1.82, 2.24) is 10.6 Å². The minimum absolute atomic E-state index is 0.0638. The van der Waals surface area contributed by atoms with E-state index in [1.165, 1.54) is 35.4 Å². The number of nitrogens with one attached hydrogen (secondary N) is 2. The SMILES string of the molecule is CC(=O)NCCC(=O)N[C@@H](CSC/C=C(\C)CC/C=C(\C)CCC=C(C)C)C(=O)O. The highest BCUT2D eigenvalue weighted by atomic mass is 32.2. The lowest BCUT2D eigenvalue weighted by atomic mass is 10.1. The molecule has 0 aromatic rings. The number of hydrogen-bond acceptors (Lipinski definition) is 4. The molecule has 0 aliphatic heterocycles. The predicted octanol–water partition coefficient (Wildman–Crippen LogP) is 4.23.